The van der Waals surface area contributed by atoms with Gasteiger partial charge in [0.25, 0.3) is 5.91 Å². The first kappa shape index (κ1) is 20.6. The molecule has 0 saturated carbocycles. The van der Waals surface area contributed by atoms with Gasteiger partial charge in [-0.2, -0.15) is 0 Å². The number of nitrogens with zero attached hydrogens (tertiary/aromatic N) is 3. The third-order valence-corrected chi connectivity index (χ3v) is 6.82. The van der Waals surface area contributed by atoms with Crippen LogP contribution >= 0.6 is 11.3 Å². The zero-order chi connectivity index (χ0) is 22.1. The fourth-order valence-electron chi connectivity index (χ4n) is 4.35. The Morgan fingerprint density at radius 3 is 2.62 bits per heavy atom. The van der Waals surface area contributed by atoms with Gasteiger partial charge < -0.3 is 19.1 Å². The molecule has 4 aromatic rings. The van der Waals surface area contributed by atoms with E-state index in [9.17, 15) is 9.18 Å². The number of para-hydroxylation sites is 2. The number of aromatic nitrogens is 1. The minimum absolute atomic E-state index is 0.0180. The number of hydrogen-bond donors (Lipinski definition) is 0. The molecule has 0 radical (unpaired) electrons. The summed E-state index contributed by atoms with van der Waals surface area (Å²) in [6.45, 7) is 3.21. The molecule has 2 aromatic carbocycles. The second-order valence-electron chi connectivity index (χ2n) is 7.87. The van der Waals surface area contributed by atoms with Gasteiger partial charge in [0.1, 0.15) is 17.3 Å². The number of carbonyl (C=O) groups excluding carboxylic acids is 1. The summed E-state index contributed by atoms with van der Waals surface area (Å²) in [5.74, 6) is 0.595. The van der Waals surface area contributed by atoms with E-state index in [-0.39, 0.29) is 11.7 Å². The van der Waals surface area contributed by atoms with Crippen molar-refractivity contribution >= 4 is 33.1 Å². The maximum atomic E-state index is 13.7. The maximum absolute atomic E-state index is 13.7. The van der Waals surface area contributed by atoms with Gasteiger partial charge in [-0.15, -0.1) is 11.3 Å². The molecule has 0 spiro atoms. The van der Waals surface area contributed by atoms with Crippen molar-refractivity contribution in [2.75, 3.05) is 38.2 Å². The maximum Gasteiger partial charge on any atom is 0.270 e. The molecule has 0 N–H and O–H groups in total. The SMILES string of the molecule is COc1ccccc1N1CCN(C(=O)c2cc3sccc3n2Cc2cccc(F)c2)CC1. The molecule has 0 unspecified atom stereocenters. The first-order chi connectivity index (χ1) is 15.6. The lowest BCUT2D eigenvalue weighted by molar-refractivity contribution is 0.0737. The van der Waals surface area contributed by atoms with Crippen molar-refractivity contribution in [3.8, 4) is 5.75 Å². The number of methoxy groups -OCH3 is 1. The van der Waals surface area contributed by atoms with Gasteiger partial charge in [0.05, 0.1) is 23.0 Å². The van der Waals surface area contributed by atoms with Gasteiger partial charge in [-0.25, -0.2) is 4.39 Å². The van der Waals surface area contributed by atoms with Crippen molar-refractivity contribution in [1.29, 1.82) is 0 Å². The van der Waals surface area contributed by atoms with Crippen LogP contribution in [-0.2, 0) is 6.54 Å². The molecule has 1 aliphatic rings. The Morgan fingerprint density at radius 1 is 1.03 bits per heavy atom. The van der Waals surface area contributed by atoms with Gasteiger partial charge in [0.2, 0.25) is 0 Å². The number of rotatable bonds is 5. The zero-order valence-electron chi connectivity index (χ0n) is 17.8. The summed E-state index contributed by atoms with van der Waals surface area (Å²) in [6, 6.07) is 18.5. The van der Waals surface area contributed by atoms with Crippen LogP contribution in [0.5, 0.6) is 5.75 Å². The van der Waals surface area contributed by atoms with Crippen molar-refractivity contribution in [3.63, 3.8) is 0 Å². The van der Waals surface area contributed by atoms with E-state index in [0.717, 1.165) is 40.3 Å². The normalized spacial score (nSPS) is 14.2. The van der Waals surface area contributed by atoms with E-state index < -0.39 is 0 Å². The Morgan fingerprint density at radius 2 is 1.84 bits per heavy atom. The monoisotopic (exact) mass is 449 g/mol. The van der Waals surface area contributed by atoms with Gasteiger partial charge in [-0.3, -0.25) is 4.79 Å². The molecule has 2 aromatic heterocycles. The van der Waals surface area contributed by atoms with Crippen LogP contribution in [0.25, 0.3) is 10.2 Å². The summed E-state index contributed by atoms with van der Waals surface area (Å²) in [5.41, 5.74) is 3.55. The molecular weight excluding hydrogens is 425 g/mol. The van der Waals surface area contributed by atoms with Gasteiger partial charge in [0, 0.05) is 32.7 Å². The molecule has 5 nitrogen and oxygen atoms in total. The van der Waals surface area contributed by atoms with Crippen molar-refractivity contribution in [2.45, 2.75) is 6.54 Å². The molecular formula is C25H24FN3O2S. The van der Waals surface area contributed by atoms with Crippen molar-refractivity contribution in [2.24, 2.45) is 0 Å². The van der Waals surface area contributed by atoms with Crippen LogP contribution in [0.4, 0.5) is 10.1 Å². The zero-order valence-corrected chi connectivity index (χ0v) is 18.6. The third-order valence-electron chi connectivity index (χ3n) is 5.96. The van der Waals surface area contributed by atoms with E-state index in [1.54, 1.807) is 24.5 Å². The Bertz CT molecular complexity index is 1260. The fourth-order valence-corrected chi connectivity index (χ4v) is 5.17. The number of thiophene rings is 1. The Hall–Kier alpha value is -3.32. The van der Waals surface area contributed by atoms with E-state index in [1.165, 1.54) is 12.1 Å². The summed E-state index contributed by atoms with van der Waals surface area (Å²) < 4.78 is 22.3. The number of amides is 1. The van der Waals surface area contributed by atoms with Gasteiger partial charge >= 0.3 is 0 Å². The number of fused-ring (bicyclic) bond motifs is 1. The van der Waals surface area contributed by atoms with E-state index in [4.69, 9.17) is 4.74 Å². The smallest absolute Gasteiger partial charge is 0.270 e. The quantitative estimate of drug-likeness (QED) is 0.437. The number of halogens is 1. The summed E-state index contributed by atoms with van der Waals surface area (Å²) in [5, 5.41) is 2.02. The molecule has 7 heteroatoms. The van der Waals surface area contributed by atoms with E-state index >= 15 is 0 Å². The molecule has 1 fully saturated rings. The van der Waals surface area contributed by atoms with Crippen LogP contribution in [0.1, 0.15) is 16.1 Å². The molecule has 0 aliphatic carbocycles. The molecule has 32 heavy (non-hydrogen) atoms. The third kappa shape index (κ3) is 3.84. The summed E-state index contributed by atoms with van der Waals surface area (Å²) in [7, 11) is 1.68. The lowest BCUT2D eigenvalue weighted by Crippen LogP contribution is -2.49. The Kier molecular flexibility index (Phi) is 5.57. The number of ether oxygens (including phenoxy) is 1. The Balaban J connectivity index is 1.37. The largest absolute Gasteiger partial charge is 0.495 e. The molecule has 0 bridgehead atoms. The molecule has 5 rings (SSSR count). The van der Waals surface area contributed by atoms with E-state index in [2.05, 4.69) is 11.0 Å². The summed E-state index contributed by atoms with van der Waals surface area (Å²) in [4.78, 5) is 17.7. The Labute approximate surface area is 190 Å². The van der Waals surface area contributed by atoms with Crippen molar-refractivity contribution in [3.05, 3.63) is 83.1 Å². The minimum atomic E-state index is -0.267. The standard InChI is InChI=1S/C25H24FN3O2S/c1-31-23-8-3-2-7-20(23)27-10-12-28(13-11-27)25(30)22-16-24-21(9-14-32-24)29(22)17-18-5-4-6-19(26)15-18/h2-9,14-16H,10-13,17H2,1H3. The number of anilines is 1. The molecule has 1 aliphatic heterocycles. The molecule has 1 saturated heterocycles. The topological polar surface area (TPSA) is 37.7 Å². The highest BCUT2D eigenvalue weighted by atomic mass is 32.1. The van der Waals surface area contributed by atoms with Crippen LogP contribution in [0.15, 0.2) is 66.0 Å². The first-order valence-electron chi connectivity index (χ1n) is 10.6. The lowest BCUT2D eigenvalue weighted by atomic mass is 10.2. The van der Waals surface area contributed by atoms with Crippen molar-refractivity contribution in [1.82, 2.24) is 9.47 Å². The van der Waals surface area contributed by atoms with Crippen LogP contribution in [-0.4, -0.2) is 48.7 Å². The summed E-state index contributed by atoms with van der Waals surface area (Å²) in [6.07, 6.45) is 0. The second kappa shape index (κ2) is 8.67. The number of carbonyl (C=O) groups is 1. The van der Waals surface area contributed by atoms with Crippen LogP contribution in [0.3, 0.4) is 0 Å². The highest BCUT2D eigenvalue weighted by Gasteiger charge is 2.26. The minimum Gasteiger partial charge on any atom is -0.495 e. The fraction of sp³-hybridized carbons (Fsp3) is 0.240. The molecule has 164 valence electrons. The summed E-state index contributed by atoms with van der Waals surface area (Å²) >= 11 is 1.61. The number of benzene rings is 2. The number of hydrogen-bond acceptors (Lipinski definition) is 4. The van der Waals surface area contributed by atoms with E-state index in [0.29, 0.717) is 25.3 Å². The van der Waals surface area contributed by atoms with Crippen LogP contribution in [0.2, 0.25) is 0 Å². The molecule has 1 amide bonds. The highest BCUT2D eigenvalue weighted by molar-refractivity contribution is 7.17. The first-order valence-corrected chi connectivity index (χ1v) is 11.5. The van der Waals surface area contributed by atoms with Gasteiger partial charge in [0.15, 0.2) is 0 Å². The lowest BCUT2D eigenvalue weighted by Gasteiger charge is -2.36. The van der Waals surface area contributed by atoms with Crippen LogP contribution in [0, 0.1) is 5.82 Å². The average molecular weight is 450 g/mol. The highest BCUT2D eigenvalue weighted by Crippen LogP contribution is 2.30. The van der Waals surface area contributed by atoms with Gasteiger partial charge in [-0.05, 0) is 47.3 Å². The number of piperazine rings is 1. The van der Waals surface area contributed by atoms with Crippen molar-refractivity contribution < 1.29 is 13.9 Å². The second-order valence-corrected chi connectivity index (χ2v) is 8.81. The van der Waals surface area contributed by atoms with E-state index in [1.807, 2.05) is 51.2 Å². The van der Waals surface area contributed by atoms with Crippen LogP contribution < -0.4 is 9.64 Å². The predicted molar refractivity (Wildman–Crippen MR) is 126 cm³/mol. The van der Waals surface area contributed by atoms with Gasteiger partial charge in [-0.1, -0.05) is 24.3 Å². The predicted octanol–water partition coefficient (Wildman–Crippen LogP) is 4.86. The average Bonchev–Trinajstić information content (AvgIpc) is 3.41. The molecule has 3 heterocycles. The molecule has 0 atom stereocenters.